The van der Waals surface area contributed by atoms with Crippen molar-refractivity contribution < 1.29 is 23.9 Å². The van der Waals surface area contributed by atoms with Gasteiger partial charge in [-0.2, -0.15) is 0 Å². The summed E-state index contributed by atoms with van der Waals surface area (Å²) in [6, 6.07) is 7.04. The molecule has 27 heavy (non-hydrogen) atoms. The van der Waals surface area contributed by atoms with Crippen molar-refractivity contribution >= 4 is 17.7 Å². The van der Waals surface area contributed by atoms with Gasteiger partial charge in [0.25, 0.3) is 5.91 Å². The van der Waals surface area contributed by atoms with Gasteiger partial charge >= 0.3 is 5.97 Å². The van der Waals surface area contributed by atoms with E-state index in [1.165, 1.54) is 6.92 Å². The van der Waals surface area contributed by atoms with Crippen molar-refractivity contribution in [2.75, 3.05) is 13.7 Å². The zero-order valence-electron chi connectivity index (χ0n) is 16.1. The summed E-state index contributed by atoms with van der Waals surface area (Å²) in [6.07, 6.45) is 0. The fourth-order valence-corrected chi connectivity index (χ4v) is 3.07. The van der Waals surface area contributed by atoms with Gasteiger partial charge in [0.1, 0.15) is 11.4 Å². The summed E-state index contributed by atoms with van der Waals surface area (Å²) >= 11 is 0. The maximum Gasteiger partial charge on any atom is 0.355 e. The Kier molecular flexibility index (Phi) is 6.39. The molecule has 0 spiro atoms. The number of benzene rings is 1. The number of aryl methyl sites for hydroxylation is 1. The van der Waals surface area contributed by atoms with E-state index in [1.54, 1.807) is 27.0 Å². The van der Waals surface area contributed by atoms with E-state index in [0.29, 0.717) is 22.6 Å². The number of methoxy groups -OCH3 is 1. The number of aromatic nitrogens is 1. The van der Waals surface area contributed by atoms with Gasteiger partial charge in [0, 0.05) is 16.8 Å². The number of rotatable bonds is 7. The zero-order chi connectivity index (χ0) is 20.1. The van der Waals surface area contributed by atoms with Crippen molar-refractivity contribution in [2.24, 2.45) is 0 Å². The van der Waals surface area contributed by atoms with Crippen LogP contribution in [-0.2, 0) is 9.53 Å². The highest BCUT2D eigenvalue weighted by Crippen LogP contribution is 2.24. The van der Waals surface area contributed by atoms with Crippen molar-refractivity contribution in [3.63, 3.8) is 0 Å². The van der Waals surface area contributed by atoms with E-state index in [0.717, 1.165) is 5.56 Å². The normalized spacial score (nSPS) is 11.6. The smallest absolute Gasteiger partial charge is 0.355 e. The van der Waals surface area contributed by atoms with E-state index < -0.39 is 18.5 Å². The Morgan fingerprint density at radius 1 is 1.19 bits per heavy atom. The van der Waals surface area contributed by atoms with E-state index >= 15 is 0 Å². The Morgan fingerprint density at radius 3 is 2.44 bits per heavy atom. The van der Waals surface area contributed by atoms with Gasteiger partial charge in [0.05, 0.1) is 13.2 Å². The highest BCUT2D eigenvalue weighted by molar-refractivity contribution is 6.01. The van der Waals surface area contributed by atoms with Crippen LogP contribution in [0.5, 0.6) is 5.75 Å². The summed E-state index contributed by atoms with van der Waals surface area (Å²) < 4.78 is 10.4. The first-order valence-electron chi connectivity index (χ1n) is 8.55. The zero-order valence-corrected chi connectivity index (χ0v) is 16.1. The van der Waals surface area contributed by atoms with Gasteiger partial charge in [0.2, 0.25) is 0 Å². The maximum absolute atomic E-state index is 12.2. The van der Waals surface area contributed by atoms with Gasteiger partial charge in [0.15, 0.2) is 12.4 Å². The van der Waals surface area contributed by atoms with Gasteiger partial charge in [-0.1, -0.05) is 18.2 Å². The Morgan fingerprint density at radius 2 is 1.85 bits per heavy atom. The number of hydrogen-bond acceptors (Lipinski definition) is 5. The molecule has 0 aliphatic heterocycles. The van der Waals surface area contributed by atoms with Gasteiger partial charge in [-0.25, -0.2) is 4.79 Å². The molecule has 7 nitrogen and oxygen atoms in total. The molecular weight excluding hydrogens is 348 g/mol. The van der Waals surface area contributed by atoms with Gasteiger partial charge in [-0.15, -0.1) is 0 Å². The molecule has 0 bridgehead atoms. The predicted molar refractivity (Wildman–Crippen MR) is 100 cm³/mol. The minimum absolute atomic E-state index is 0.135. The SMILES string of the molecule is COc1ccccc1C(C)NC(=O)COC(=O)c1[nH]c(C)c(C(C)=O)c1C. The first kappa shape index (κ1) is 20.2. The van der Waals surface area contributed by atoms with Crippen molar-refractivity contribution in [3.8, 4) is 5.75 Å². The topological polar surface area (TPSA) is 97.5 Å². The third-order valence-electron chi connectivity index (χ3n) is 4.31. The Balaban J connectivity index is 1.98. The molecule has 1 aromatic carbocycles. The first-order chi connectivity index (χ1) is 12.8. The molecule has 7 heteroatoms. The van der Waals surface area contributed by atoms with E-state index in [9.17, 15) is 14.4 Å². The standard InChI is InChI=1S/C20H24N2O5/c1-11-18(14(4)23)13(3)22-19(11)20(25)27-10-17(24)21-12(2)15-8-6-7-9-16(15)26-5/h6-9,12,22H,10H2,1-5H3,(H,21,24). The van der Waals surface area contributed by atoms with Crippen LogP contribution >= 0.6 is 0 Å². The number of nitrogens with one attached hydrogen (secondary N) is 2. The average molecular weight is 372 g/mol. The van der Waals surface area contributed by atoms with Crippen molar-refractivity contribution in [1.82, 2.24) is 10.3 Å². The van der Waals surface area contributed by atoms with Crippen LogP contribution in [0.2, 0.25) is 0 Å². The molecule has 2 aromatic rings. The number of hydrogen-bond donors (Lipinski definition) is 2. The summed E-state index contributed by atoms with van der Waals surface area (Å²) in [5.74, 6) is -0.585. The molecular formula is C20H24N2O5. The van der Waals surface area contributed by atoms with E-state index in [4.69, 9.17) is 9.47 Å². The number of ketones is 1. The van der Waals surface area contributed by atoms with Crippen LogP contribution in [-0.4, -0.2) is 36.4 Å². The lowest BCUT2D eigenvalue weighted by molar-refractivity contribution is -0.124. The van der Waals surface area contributed by atoms with E-state index in [1.807, 2.05) is 25.1 Å². The van der Waals surface area contributed by atoms with Crippen LogP contribution in [0.25, 0.3) is 0 Å². The molecule has 0 radical (unpaired) electrons. The molecule has 0 aliphatic carbocycles. The molecule has 1 unspecified atom stereocenters. The van der Waals surface area contributed by atoms with Gasteiger partial charge < -0.3 is 19.8 Å². The van der Waals surface area contributed by atoms with Crippen LogP contribution in [0.4, 0.5) is 0 Å². The molecule has 0 saturated carbocycles. The number of esters is 1. The maximum atomic E-state index is 12.2. The predicted octanol–water partition coefficient (Wildman–Crippen LogP) is 2.88. The molecule has 1 amide bonds. The summed E-state index contributed by atoms with van der Waals surface area (Å²) in [7, 11) is 1.56. The number of carbonyl (C=O) groups is 3. The molecule has 2 N–H and O–H groups in total. The van der Waals surface area contributed by atoms with E-state index in [-0.39, 0.29) is 17.5 Å². The van der Waals surface area contributed by atoms with Crippen LogP contribution in [0.15, 0.2) is 24.3 Å². The third-order valence-corrected chi connectivity index (χ3v) is 4.31. The Hall–Kier alpha value is -3.09. The Bertz CT molecular complexity index is 869. The molecule has 1 heterocycles. The average Bonchev–Trinajstić information content (AvgIpc) is 2.94. The second kappa shape index (κ2) is 8.53. The Labute approximate surface area is 158 Å². The fourth-order valence-electron chi connectivity index (χ4n) is 3.07. The molecule has 2 rings (SSSR count). The monoisotopic (exact) mass is 372 g/mol. The number of para-hydroxylation sites is 1. The summed E-state index contributed by atoms with van der Waals surface area (Å²) in [5, 5.41) is 2.77. The number of amides is 1. The van der Waals surface area contributed by atoms with Crippen molar-refractivity contribution in [1.29, 1.82) is 0 Å². The van der Waals surface area contributed by atoms with Crippen molar-refractivity contribution in [3.05, 3.63) is 52.3 Å². The summed E-state index contributed by atoms with van der Waals surface area (Å²) in [6.45, 7) is 6.20. The molecule has 144 valence electrons. The molecule has 0 saturated heterocycles. The lowest BCUT2D eigenvalue weighted by Crippen LogP contribution is -2.31. The highest BCUT2D eigenvalue weighted by Gasteiger charge is 2.22. The number of Topliss-reactive ketones (excluding diaryl/α,β-unsaturated/α-hetero) is 1. The molecule has 0 aliphatic rings. The highest BCUT2D eigenvalue weighted by atomic mass is 16.5. The van der Waals surface area contributed by atoms with Gasteiger partial charge in [-0.3, -0.25) is 9.59 Å². The largest absolute Gasteiger partial charge is 0.496 e. The quantitative estimate of drug-likeness (QED) is 0.575. The number of ether oxygens (including phenoxy) is 2. The lowest BCUT2D eigenvalue weighted by atomic mass is 10.1. The lowest BCUT2D eigenvalue weighted by Gasteiger charge is -2.17. The van der Waals surface area contributed by atoms with E-state index in [2.05, 4.69) is 10.3 Å². The summed E-state index contributed by atoms with van der Waals surface area (Å²) in [5.41, 5.74) is 2.59. The first-order valence-corrected chi connectivity index (χ1v) is 8.55. The van der Waals surface area contributed by atoms with Crippen LogP contribution in [0, 0.1) is 13.8 Å². The number of aromatic amines is 1. The molecule has 0 fully saturated rings. The third kappa shape index (κ3) is 4.55. The van der Waals surface area contributed by atoms with Crippen molar-refractivity contribution in [2.45, 2.75) is 33.7 Å². The van der Waals surface area contributed by atoms with Gasteiger partial charge in [-0.05, 0) is 39.3 Å². The minimum atomic E-state index is -0.678. The number of H-pyrrole nitrogens is 1. The van der Waals surface area contributed by atoms with Crippen LogP contribution in [0.1, 0.15) is 57.6 Å². The van der Waals surface area contributed by atoms with Crippen LogP contribution < -0.4 is 10.1 Å². The minimum Gasteiger partial charge on any atom is -0.496 e. The number of carbonyl (C=O) groups excluding carboxylic acids is 3. The second-order valence-electron chi connectivity index (χ2n) is 6.29. The molecule has 1 atom stereocenters. The molecule has 1 aromatic heterocycles. The second-order valence-corrected chi connectivity index (χ2v) is 6.29. The summed E-state index contributed by atoms with van der Waals surface area (Å²) in [4.78, 5) is 38.9. The fraction of sp³-hybridized carbons (Fsp3) is 0.350. The van der Waals surface area contributed by atoms with Crippen LogP contribution in [0.3, 0.4) is 0 Å².